The lowest BCUT2D eigenvalue weighted by atomic mass is 9.99. The van der Waals surface area contributed by atoms with E-state index >= 15 is 0 Å². The van der Waals surface area contributed by atoms with Gasteiger partial charge in [0.15, 0.2) is 0 Å². The van der Waals surface area contributed by atoms with E-state index in [1.165, 1.54) is 5.01 Å². The summed E-state index contributed by atoms with van der Waals surface area (Å²) in [5, 5.41) is 13.0. The predicted octanol–water partition coefficient (Wildman–Crippen LogP) is 2.69. The maximum atomic E-state index is 10.5. The average Bonchev–Trinajstić information content (AvgIpc) is 3.00. The smallest absolute Gasteiger partial charge is 0.142 e. The van der Waals surface area contributed by atoms with Gasteiger partial charge in [-0.2, -0.15) is 0 Å². The van der Waals surface area contributed by atoms with Gasteiger partial charge in [-0.15, -0.1) is 0 Å². The van der Waals surface area contributed by atoms with E-state index in [0.29, 0.717) is 11.6 Å². The average molecular weight is 425 g/mol. The van der Waals surface area contributed by atoms with Gasteiger partial charge in [0.05, 0.1) is 22.3 Å². The summed E-state index contributed by atoms with van der Waals surface area (Å²) < 4.78 is 7.79. The molecule has 1 fully saturated rings. The number of hydrazine groups is 1. The molecule has 0 amide bonds. The van der Waals surface area contributed by atoms with Crippen LogP contribution < -0.4 is 11.6 Å². The summed E-state index contributed by atoms with van der Waals surface area (Å²) in [7, 11) is 1.77. The largest absolute Gasteiger partial charge is 0.401 e. The first-order valence-corrected chi connectivity index (χ1v) is 10.7. The molecule has 0 aliphatic carbocycles. The first-order chi connectivity index (χ1) is 14.7. The standard InChI is InChI=1S/C23H32N6O2/c1-14(24)21(28(4)25)16-9-19-20(26-11-16)18-10-17(23(2,3)30)12-27-22(18)29(19)13-15-5-7-31-8-6-15/h9-12,15,30H,5-8,13,24-25H2,1-4H3/b21-14-. The molecule has 4 heterocycles. The number of nitrogens with zero attached hydrogens (tertiary/aromatic N) is 4. The normalized spacial score (nSPS) is 16.7. The molecule has 1 aliphatic heterocycles. The summed E-state index contributed by atoms with van der Waals surface area (Å²) in [6.07, 6.45) is 5.60. The molecule has 166 valence electrons. The van der Waals surface area contributed by atoms with Crippen molar-refractivity contribution in [3.05, 3.63) is 41.4 Å². The third kappa shape index (κ3) is 4.11. The highest BCUT2D eigenvalue weighted by Gasteiger charge is 2.23. The fraction of sp³-hybridized carbons (Fsp3) is 0.478. The zero-order valence-corrected chi connectivity index (χ0v) is 18.7. The van der Waals surface area contributed by atoms with Crippen molar-refractivity contribution >= 4 is 27.8 Å². The van der Waals surface area contributed by atoms with Crippen LogP contribution in [-0.2, 0) is 16.9 Å². The second kappa shape index (κ2) is 8.11. The molecule has 3 aromatic rings. The van der Waals surface area contributed by atoms with E-state index in [1.807, 2.05) is 13.0 Å². The highest BCUT2D eigenvalue weighted by atomic mass is 16.5. The molecule has 0 unspecified atom stereocenters. The summed E-state index contributed by atoms with van der Waals surface area (Å²) in [6.45, 7) is 7.78. The van der Waals surface area contributed by atoms with Crippen LogP contribution in [0.2, 0.25) is 0 Å². The Morgan fingerprint density at radius 3 is 2.58 bits per heavy atom. The quantitative estimate of drug-likeness (QED) is 0.426. The first-order valence-electron chi connectivity index (χ1n) is 10.7. The van der Waals surface area contributed by atoms with Gasteiger partial charge in [-0.05, 0) is 51.7 Å². The molecule has 0 atom stereocenters. The Morgan fingerprint density at radius 1 is 1.26 bits per heavy atom. The second-order valence-corrected chi connectivity index (χ2v) is 9.05. The molecule has 0 radical (unpaired) electrons. The van der Waals surface area contributed by atoms with Gasteiger partial charge in [0.25, 0.3) is 0 Å². The highest BCUT2D eigenvalue weighted by molar-refractivity contribution is 6.05. The minimum atomic E-state index is -0.981. The summed E-state index contributed by atoms with van der Waals surface area (Å²) in [6, 6.07) is 4.08. The van der Waals surface area contributed by atoms with Crippen molar-refractivity contribution in [2.24, 2.45) is 17.5 Å². The predicted molar refractivity (Wildman–Crippen MR) is 123 cm³/mol. The van der Waals surface area contributed by atoms with E-state index in [9.17, 15) is 5.11 Å². The summed E-state index contributed by atoms with van der Waals surface area (Å²) in [5.74, 6) is 6.56. The first kappa shape index (κ1) is 21.5. The molecule has 4 rings (SSSR count). The molecule has 31 heavy (non-hydrogen) atoms. The fourth-order valence-electron chi connectivity index (χ4n) is 4.37. The van der Waals surface area contributed by atoms with Gasteiger partial charge < -0.3 is 25.2 Å². The number of rotatable bonds is 5. The van der Waals surface area contributed by atoms with Crippen molar-refractivity contribution in [1.82, 2.24) is 19.5 Å². The van der Waals surface area contributed by atoms with E-state index < -0.39 is 5.60 Å². The Kier molecular flexibility index (Phi) is 5.63. The SMILES string of the molecule is C/C(N)=C(\c1cnc2c3cc(C(C)(C)O)cnc3n(CC3CCOCC3)c2c1)N(C)N. The highest BCUT2D eigenvalue weighted by Crippen LogP contribution is 2.33. The Bertz CT molecular complexity index is 1130. The van der Waals surface area contributed by atoms with Crippen LogP contribution in [0, 0.1) is 5.92 Å². The molecule has 0 saturated carbocycles. The van der Waals surface area contributed by atoms with E-state index in [0.717, 1.165) is 71.5 Å². The topological polar surface area (TPSA) is 115 Å². The molecule has 5 N–H and O–H groups in total. The number of allylic oxidation sites excluding steroid dienone is 1. The third-order valence-corrected chi connectivity index (χ3v) is 6.02. The van der Waals surface area contributed by atoms with Crippen molar-refractivity contribution in [2.45, 2.75) is 45.8 Å². The van der Waals surface area contributed by atoms with Crippen molar-refractivity contribution in [1.29, 1.82) is 0 Å². The maximum Gasteiger partial charge on any atom is 0.142 e. The Hall–Kier alpha value is -2.68. The number of hydrogen-bond acceptors (Lipinski definition) is 7. The Morgan fingerprint density at radius 2 is 1.97 bits per heavy atom. The number of nitrogens with two attached hydrogens (primary N) is 2. The lowest BCUT2D eigenvalue weighted by Crippen LogP contribution is -2.26. The lowest BCUT2D eigenvalue weighted by Gasteiger charge is -2.23. The van der Waals surface area contributed by atoms with Crippen molar-refractivity contribution in [3.63, 3.8) is 0 Å². The van der Waals surface area contributed by atoms with E-state index in [4.69, 9.17) is 26.3 Å². The van der Waals surface area contributed by atoms with Crippen LogP contribution in [0.1, 0.15) is 44.7 Å². The molecular weight excluding hydrogens is 392 g/mol. The monoisotopic (exact) mass is 424 g/mol. The summed E-state index contributed by atoms with van der Waals surface area (Å²) in [4.78, 5) is 9.55. The zero-order chi connectivity index (χ0) is 22.3. The third-order valence-electron chi connectivity index (χ3n) is 6.02. The Labute approximate surface area is 182 Å². The van der Waals surface area contributed by atoms with Crippen LogP contribution in [0.15, 0.2) is 30.2 Å². The van der Waals surface area contributed by atoms with Gasteiger partial charge in [0, 0.05) is 61.4 Å². The molecule has 1 saturated heterocycles. The van der Waals surface area contributed by atoms with Gasteiger partial charge in [0.2, 0.25) is 0 Å². The van der Waals surface area contributed by atoms with Crippen LogP contribution in [0.25, 0.3) is 27.8 Å². The maximum absolute atomic E-state index is 10.5. The van der Waals surface area contributed by atoms with Gasteiger partial charge in [-0.3, -0.25) is 4.98 Å². The lowest BCUT2D eigenvalue weighted by molar-refractivity contribution is 0.0619. The van der Waals surface area contributed by atoms with Crippen LogP contribution in [0.4, 0.5) is 0 Å². The zero-order valence-electron chi connectivity index (χ0n) is 18.7. The van der Waals surface area contributed by atoms with Gasteiger partial charge in [0.1, 0.15) is 5.65 Å². The van der Waals surface area contributed by atoms with Gasteiger partial charge >= 0.3 is 0 Å². The molecular formula is C23H32N6O2. The number of aromatic nitrogens is 3. The van der Waals surface area contributed by atoms with E-state index in [1.54, 1.807) is 33.3 Å². The van der Waals surface area contributed by atoms with Gasteiger partial charge in [-0.25, -0.2) is 10.8 Å². The molecule has 0 spiro atoms. The van der Waals surface area contributed by atoms with E-state index in [2.05, 4.69) is 10.6 Å². The van der Waals surface area contributed by atoms with Crippen molar-refractivity contribution in [3.8, 4) is 0 Å². The van der Waals surface area contributed by atoms with Crippen molar-refractivity contribution in [2.75, 3.05) is 20.3 Å². The molecule has 3 aromatic heterocycles. The summed E-state index contributed by atoms with van der Waals surface area (Å²) >= 11 is 0. The second-order valence-electron chi connectivity index (χ2n) is 9.05. The number of fused-ring (bicyclic) bond motifs is 3. The molecule has 0 bridgehead atoms. The molecule has 8 heteroatoms. The number of aliphatic hydroxyl groups is 1. The molecule has 0 aromatic carbocycles. The van der Waals surface area contributed by atoms with Crippen LogP contribution in [-0.4, -0.2) is 44.9 Å². The van der Waals surface area contributed by atoms with Crippen molar-refractivity contribution < 1.29 is 9.84 Å². The van der Waals surface area contributed by atoms with E-state index in [-0.39, 0.29) is 0 Å². The minimum Gasteiger partial charge on any atom is -0.401 e. The summed E-state index contributed by atoms with van der Waals surface area (Å²) in [5.41, 5.74) is 10.8. The Balaban J connectivity index is 1.94. The van der Waals surface area contributed by atoms with Crippen LogP contribution in [0.3, 0.4) is 0 Å². The molecule has 1 aliphatic rings. The van der Waals surface area contributed by atoms with Crippen LogP contribution >= 0.6 is 0 Å². The molecule has 8 nitrogen and oxygen atoms in total. The fourth-order valence-corrected chi connectivity index (χ4v) is 4.37. The van der Waals surface area contributed by atoms with Crippen LogP contribution in [0.5, 0.6) is 0 Å². The number of hydrogen-bond donors (Lipinski definition) is 3. The number of pyridine rings is 2. The minimum absolute atomic E-state index is 0.510. The number of ether oxygens (including phenoxy) is 1. The van der Waals surface area contributed by atoms with Gasteiger partial charge in [-0.1, -0.05) is 0 Å².